The first-order chi connectivity index (χ1) is 9.22. The SMILES string of the molecule is CC(O)(CNC(=O)Cc1ccc([N+](=O)[O-])cc1)C(=O)O. The Balaban J connectivity index is 2.54. The maximum Gasteiger partial charge on any atom is 0.337 e. The fourth-order valence-corrected chi connectivity index (χ4v) is 1.33. The van der Waals surface area contributed by atoms with Crippen LogP contribution in [0, 0.1) is 10.1 Å². The molecule has 1 aromatic rings. The number of carboxylic acids is 1. The van der Waals surface area contributed by atoms with Crippen LogP contribution in [0.5, 0.6) is 0 Å². The Labute approximate surface area is 114 Å². The molecule has 0 aliphatic heterocycles. The van der Waals surface area contributed by atoms with E-state index in [0.29, 0.717) is 5.56 Å². The maximum atomic E-state index is 11.6. The highest BCUT2D eigenvalue weighted by atomic mass is 16.6. The second-order valence-electron chi connectivity index (χ2n) is 4.46. The first-order valence-electron chi connectivity index (χ1n) is 5.68. The summed E-state index contributed by atoms with van der Waals surface area (Å²) >= 11 is 0. The van der Waals surface area contributed by atoms with Gasteiger partial charge in [0.2, 0.25) is 5.91 Å². The van der Waals surface area contributed by atoms with Gasteiger partial charge >= 0.3 is 5.97 Å². The van der Waals surface area contributed by atoms with Crippen molar-refractivity contribution in [1.29, 1.82) is 0 Å². The van der Waals surface area contributed by atoms with Crippen LogP contribution in [0.15, 0.2) is 24.3 Å². The molecule has 0 saturated heterocycles. The van der Waals surface area contributed by atoms with Crippen LogP contribution in [0.25, 0.3) is 0 Å². The van der Waals surface area contributed by atoms with Gasteiger partial charge < -0.3 is 15.5 Å². The van der Waals surface area contributed by atoms with Gasteiger partial charge in [0.25, 0.3) is 5.69 Å². The Bertz CT molecular complexity index is 523. The largest absolute Gasteiger partial charge is 0.479 e. The number of nitro benzene ring substituents is 1. The molecule has 0 saturated carbocycles. The fourth-order valence-electron chi connectivity index (χ4n) is 1.33. The number of nitrogens with zero attached hydrogens (tertiary/aromatic N) is 1. The van der Waals surface area contributed by atoms with Gasteiger partial charge in [-0.2, -0.15) is 0 Å². The van der Waals surface area contributed by atoms with Crippen LogP contribution in [-0.4, -0.2) is 39.2 Å². The summed E-state index contributed by atoms with van der Waals surface area (Å²) in [7, 11) is 0. The summed E-state index contributed by atoms with van der Waals surface area (Å²) in [6.07, 6.45) is -0.0618. The van der Waals surface area contributed by atoms with Gasteiger partial charge in [0.15, 0.2) is 5.60 Å². The van der Waals surface area contributed by atoms with Gasteiger partial charge in [-0.25, -0.2) is 4.79 Å². The van der Waals surface area contributed by atoms with Crippen molar-refractivity contribution < 1.29 is 24.7 Å². The van der Waals surface area contributed by atoms with E-state index in [1.54, 1.807) is 0 Å². The minimum atomic E-state index is -2.04. The zero-order chi connectivity index (χ0) is 15.3. The molecule has 0 aliphatic carbocycles. The molecule has 0 spiro atoms. The summed E-state index contributed by atoms with van der Waals surface area (Å²) in [5, 5.41) is 30.8. The molecule has 108 valence electrons. The lowest BCUT2D eigenvalue weighted by molar-refractivity contribution is -0.384. The Morgan fingerprint density at radius 2 is 1.90 bits per heavy atom. The molecule has 0 aromatic heterocycles. The summed E-state index contributed by atoms with van der Waals surface area (Å²) in [6.45, 7) is 0.648. The third-order valence-electron chi connectivity index (χ3n) is 2.60. The van der Waals surface area contributed by atoms with Crippen LogP contribution in [0.1, 0.15) is 12.5 Å². The lowest BCUT2D eigenvalue weighted by Crippen LogP contribution is -2.46. The van der Waals surface area contributed by atoms with Crippen molar-refractivity contribution >= 4 is 17.6 Å². The minimum Gasteiger partial charge on any atom is -0.479 e. The van der Waals surface area contributed by atoms with E-state index in [4.69, 9.17) is 5.11 Å². The molecule has 8 heteroatoms. The van der Waals surface area contributed by atoms with E-state index in [1.807, 2.05) is 0 Å². The fraction of sp³-hybridized carbons (Fsp3) is 0.333. The monoisotopic (exact) mass is 282 g/mol. The molecule has 0 fully saturated rings. The predicted molar refractivity (Wildman–Crippen MR) is 68.1 cm³/mol. The van der Waals surface area contributed by atoms with Crippen LogP contribution in [0.3, 0.4) is 0 Å². The molecular formula is C12H14N2O6. The van der Waals surface area contributed by atoms with Crippen molar-refractivity contribution in [3.63, 3.8) is 0 Å². The van der Waals surface area contributed by atoms with Crippen molar-refractivity contribution in [3.05, 3.63) is 39.9 Å². The molecule has 0 aliphatic rings. The molecule has 1 aromatic carbocycles. The van der Waals surface area contributed by atoms with Gasteiger partial charge in [-0.3, -0.25) is 14.9 Å². The van der Waals surface area contributed by atoms with Gasteiger partial charge in [0.05, 0.1) is 17.9 Å². The second-order valence-corrected chi connectivity index (χ2v) is 4.46. The number of nitro groups is 1. The van der Waals surface area contributed by atoms with Crippen LogP contribution in [-0.2, 0) is 16.0 Å². The van der Waals surface area contributed by atoms with Crippen LogP contribution in [0.2, 0.25) is 0 Å². The van der Waals surface area contributed by atoms with E-state index in [9.17, 15) is 24.8 Å². The highest BCUT2D eigenvalue weighted by Gasteiger charge is 2.30. The summed E-state index contributed by atoms with van der Waals surface area (Å²) in [5.74, 6) is -1.92. The van der Waals surface area contributed by atoms with Gasteiger partial charge in [-0.05, 0) is 12.5 Å². The Morgan fingerprint density at radius 3 is 2.35 bits per heavy atom. The molecule has 3 N–H and O–H groups in total. The normalized spacial score (nSPS) is 13.3. The molecule has 0 bridgehead atoms. The maximum absolute atomic E-state index is 11.6. The van der Waals surface area contributed by atoms with Gasteiger partial charge in [-0.1, -0.05) is 12.1 Å². The first kappa shape index (κ1) is 15.6. The predicted octanol–water partition coefficient (Wildman–Crippen LogP) is 0.0891. The van der Waals surface area contributed by atoms with Crippen molar-refractivity contribution in [2.45, 2.75) is 18.9 Å². The number of carbonyl (C=O) groups excluding carboxylic acids is 1. The average molecular weight is 282 g/mol. The molecular weight excluding hydrogens is 268 g/mol. The molecule has 0 heterocycles. The summed E-state index contributed by atoms with van der Waals surface area (Å²) in [4.78, 5) is 32.1. The number of aliphatic carboxylic acids is 1. The number of aliphatic hydroxyl groups is 1. The van der Waals surface area contributed by atoms with Gasteiger partial charge in [-0.15, -0.1) is 0 Å². The first-order valence-corrected chi connectivity index (χ1v) is 5.68. The Kier molecular flexibility index (Phi) is 4.76. The third-order valence-corrected chi connectivity index (χ3v) is 2.60. The number of non-ortho nitro benzene ring substituents is 1. The molecule has 20 heavy (non-hydrogen) atoms. The van der Waals surface area contributed by atoms with Crippen LogP contribution in [0.4, 0.5) is 5.69 Å². The number of carboxylic acid groups (broad SMARTS) is 1. The quantitative estimate of drug-likeness (QED) is 0.500. The lowest BCUT2D eigenvalue weighted by Gasteiger charge is -2.18. The minimum absolute atomic E-state index is 0.0618. The molecule has 1 rings (SSSR count). The zero-order valence-electron chi connectivity index (χ0n) is 10.7. The molecule has 8 nitrogen and oxygen atoms in total. The molecule has 1 unspecified atom stereocenters. The van der Waals surface area contributed by atoms with E-state index >= 15 is 0 Å². The molecule has 1 amide bonds. The number of amides is 1. The van der Waals surface area contributed by atoms with Gasteiger partial charge in [0, 0.05) is 12.1 Å². The van der Waals surface area contributed by atoms with Crippen molar-refractivity contribution in [2.75, 3.05) is 6.54 Å². The molecule has 1 atom stereocenters. The number of benzene rings is 1. The van der Waals surface area contributed by atoms with E-state index in [-0.39, 0.29) is 12.1 Å². The van der Waals surface area contributed by atoms with E-state index in [1.165, 1.54) is 24.3 Å². The standard InChI is InChI=1S/C12H14N2O6/c1-12(18,11(16)17)7-13-10(15)6-8-2-4-9(5-3-8)14(19)20/h2-5,18H,6-7H2,1H3,(H,13,15)(H,16,17). The Morgan fingerprint density at radius 1 is 1.35 bits per heavy atom. The number of nitrogens with one attached hydrogen (secondary N) is 1. The van der Waals surface area contributed by atoms with E-state index in [2.05, 4.69) is 5.32 Å². The van der Waals surface area contributed by atoms with Crippen molar-refractivity contribution in [2.24, 2.45) is 0 Å². The summed E-state index contributed by atoms with van der Waals surface area (Å²) in [5.41, 5.74) is -1.57. The summed E-state index contributed by atoms with van der Waals surface area (Å²) in [6, 6.07) is 5.42. The smallest absolute Gasteiger partial charge is 0.337 e. The second kappa shape index (κ2) is 6.11. The summed E-state index contributed by atoms with van der Waals surface area (Å²) < 4.78 is 0. The average Bonchev–Trinajstić information content (AvgIpc) is 2.37. The number of hydrogen-bond acceptors (Lipinski definition) is 5. The van der Waals surface area contributed by atoms with Crippen LogP contribution < -0.4 is 5.32 Å². The lowest BCUT2D eigenvalue weighted by atomic mass is 10.1. The molecule has 0 radical (unpaired) electrons. The van der Waals surface area contributed by atoms with E-state index < -0.39 is 28.9 Å². The van der Waals surface area contributed by atoms with Gasteiger partial charge in [0.1, 0.15) is 0 Å². The van der Waals surface area contributed by atoms with Crippen molar-refractivity contribution in [3.8, 4) is 0 Å². The highest BCUT2D eigenvalue weighted by molar-refractivity contribution is 5.81. The van der Waals surface area contributed by atoms with Crippen LogP contribution >= 0.6 is 0 Å². The number of carbonyl (C=O) groups is 2. The van der Waals surface area contributed by atoms with Crippen molar-refractivity contribution in [1.82, 2.24) is 5.32 Å². The number of hydrogen-bond donors (Lipinski definition) is 3. The highest BCUT2D eigenvalue weighted by Crippen LogP contribution is 2.12. The van der Waals surface area contributed by atoms with E-state index in [0.717, 1.165) is 6.92 Å². The Hall–Kier alpha value is -2.48. The topological polar surface area (TPSA) is 130 Å². The third kappa shape index (κ3) is 4.32. The zero-order valence-corrected chi connectivity index (χ0v) is 10.7. The number of rotatable bonds is 6.